The molecule has 0 bridgehead atoms. The zero-order valence-electron chi connectivity index (χ0n) is 11.5. The molecule has 24 heavy (non-hydrogen) atoms. The van der Waals surface area contributed by atoms with Gasteiger partial charge in [-0.25, -0.2) is 0 Å². The number of benzene rings is 2. The van der Waals surface area contributed by atoms with E-state index >= 15 is 0 Å². The van der Waals surface area contributed by atoms with E-state index in [2.05, 4.69) is 0 Å². The molecule has 1 aliphatic rings. The molecule has 0 radical (unpaired) electrons. The first-order valence-electron chi connectivity index (χ1n) is 6.30. The summed E-state index contributed by atoms with van der Waals surface area (Å²) in [5, 5.41) is 11.0. The van der Waals surface area contributed by atoms with Crippen LogP contribution >= 0.6 is 11.6 Å². The van der Waals surface area contributed by atoms with Crippen LogP contribution in [0.5, 0.6) is 0 Å². The highest BCUT2D eigenvalue weighted by atomic mass is 35.5. The van der Waals surface area contributed by atoms with Gasteiger partial charge in [0, 0.05) is 17.2 Å². The Bertz CT molecular complexity index is 1060. The number of nitro groups is 1. The third-order valence-corrected chi connectivity index (χ3v) is 4.73. The molecule has 1 aliphatic carbocycles. The number of halogens is 1. The summed E-state index contributed by atoms with van der Waals surface area (Å²) in [6.45, 7) is 0. The molecule has 0 heterocycles. The summed E-state index contributed by atoms with van der Waals surface area (Å²) in [6.07, 6.45) is 0. The molecule has 1 N–H and O–H groups in total. The lowest BCUT2D eigenvalue weighted by atomic mass is 9.83. The highest BCUT2D eigenvalue weighted by Crippen LogP contribution is 2.37. The molecule has 0 saturated heterocycles. The summed E-state index contributed by atoms with van der Waals surface area (Å²) in [5.41, 5.74) is -1.92. The van der Waals surface area contributed by atoms with Gasteiger partial charge in [-0.2, -0.15) is 8.42 Å². The monoisotopic (exact) mass is 367 g/mol. The zero-order valence-corrected chi connectivity index (χ0v) is 13.1. The third kappa shape index (κ3) is 2.30. The van der Waals surface area contributed by atoms with E-state index in [0.717, 1.165) is 30.3 Å². The second-order valence-corrected chi connectivity index (χ2v) is 6.74. The van der Waals surface area contributed by atoms with Gasteiger partial charge in [0.25, 0.3) is 15.8 Å². The van der Waals surface area contributed by atoms with Gasteiger partial charge in [-0.3, -0.25) is 24.3 Å². The number of hydrogen-bond acceptors (Lipinski definition) is 6. The van der Waals surface area contributed by atoms with E-state index in [-0.39, 0.29) is 21.7 Å². The summed E-state index contributed by atoms with van der Waals surface area (Å²) < 4.78 is 31.5. The van der Waals surface area contributed by atoms with E-state index in [4.69, 9.17) is 16.2 Å². The van der Waals surface area contributed by atoms with Crippen LogP contribution in [0.25, 0.3) is 0 Å². The van der Waals surface area contributed by atoms with Crippen molar-refractivity contribution in [2.45, 2.75) is 4.90 Å². The number of rotatable bonds is 2. The largest absolute Gasteiger partial charge is 0.294 e. The van der Waals surface area contributed by atoms with Gasteiger partial charge in [0.2, 0.25) is 5.78 Å². The average Bonchev–Trinajstić information content (AvgIpc) is 2.50. The molecule has 2 aromatic rings. The van der Waals surface area contributed by atoms with Crippen LogP contribution in [-0.4, -0.2) is 29.5 Å². The summed E-state index contributed by atoms with van der Waals surface area (Å²) >= 11 is 5.92. The van der Waals surface area contributed by atoms with Crippen molar-refractivity contribution in [1.29, 1.82) is 0 Å². The van der Waals surface area contributed by atoms with Crippen molar-refractivity contribution in [2.75, 3.05) is 0 Å². The second-order valence-electron chi connectivity index (χ2n) is 4.91. The summed E-state index contributed by atoms with van der Waals surface area (Å²) in [5.74, 6) is -1.66. The summed E-state index contributed by atoms with van der Waals surface area (Å²) in [6, 6.07) is 4.94. The molecular formula is C14H6ClNO7S. The molecule has 0 amide bonds. The van der Waals surface area contributed by atoms with Crippen molar-refractivity contribution in [3.05, 3.63) is 67.7 Å². The smallest absolute Gasteiger partial charge is 0.288 e. The highest BCUT2D eigenvalue weighted by Gasteiger charge is 2.37. The van der Waals surface area contributed by atoms with E-state index in [1.807, 2.05) is 0 Å². The van der Waals surface area contributed by atoms with E-state index in [1.165, 1.54) is 0 Å². The fraction of sp³-hybridized carbons (Fsp3) is 0. The number of fused-ring (bicyclic) bond motifs is 2. The number of hydrogen-bond donors (Lipinski definition) is 1. The van der Waals surface area contributed by atoms with Crippen molar-refractivity contribution < 1.29 is 27.5 Å². The van der Waals surface area contributed by atoms with E-state index in [0.29, 0.717) is 0 Å². The lowest BCUT2D eigenvalue weighted by molar-refractivity contribution is -0.385. The lowest BCUT2D eigenvalue weighted by Gasteiger charge is -2.18. The first-order chi connectivity index (χ1) is 11.1. The molecule has 0 saturated carbocycles. The zero-order chi connectivity index (χ0) is 17.8. The van der Waals surface area contributed by atoms with Gasteiger partial charge in [-0.05, 0) is 24.3 Å². The second kappa shape index (κ2) is 5.20. The fourth-order valence-electron chi connectivity index (χ4n) is 2.51. The van der Waals surface area contributed by atoms with Gasteiger partial charge in [0.15, 0.2) is 5.78 Å². The molecule has 2 aromatic carbocycles. The van der Waals surface area contributed by atoms with Crippen LogP contribution in [0.1, 0.15) is 31.8 Å². The number of ketones is 2. The maximum atomic E-state index is 12.6. The molecule has 0 aliphatic heterocycles. The molecule has 0 aromatic heterocycles. The molecule has 8 nitrogen and oxygen atoms in total. The maximum absolute atomic E-state index is 12.6. The van der Waals surface area contributed by atoms with Crippen LogP contribution in [-0.2, 0) is 10.1 Å². The van der Waals surface area contributed by atoms with Crippen LogP contribution in [0, 0.1) is 10.1 Å². The Labute approximate surface area is 139 Å². The van der Waals surface area contributed by atoms with Gasteiger partial charge in [-0.15, -0.1) is 0 Å². The minimum Gasteiger partial charge on any atom is -0.288 e. The predicted molar refractivity (Wildman–Crippen MR) is 81.2 cm³/mol. The van der Waals surface area contributed by atoms with E-state index < -0.39 is 42.8 Å². The molecule has 10 heteroatoms. The molecule has 0 atom stereocenters. The Morgan fingerprint density at radius 2 is 1.62 bits per heavy atom. The Hall–Kier alpha value is -2.62. The predicted octanol–water partition coefficient (Wildman–Crippen LogP) is 2.27. The van der Waals surface area contributed by atoms with Gasteiger partial charge in [0.1, 0.15) is 5.56 Å². The highest BCUT2D eigenvalue weighted by molar-refractivity contribution is 7.85. The van der Waals surface area contributed by atoms with E-state index in [9.17, 15) is 28.1 Å². The molecule has 0 spiro atoms. The van der Waals surface area contributed by atoms with Gasteiger partial charge in [0.05, 0.1) is 20.4 Å². The van der Waals surface area contributed by atoms with Crippen molar-refractivity contribution in [3.63, 3.8) is 0 Å². The average molecular weight is 368 g/mol. The molecular weight excluding hydrogens is 362 g/mol. The number of nitro benzene ring substituents is 1. The summed E-state index contributed by atoms with van der Waals surface area (Å²) in [4.78, 5) is 34.9. The number of nitrogens with zero attached hydrogens (tertiary/aromatic N) is 1. The van der Waals surface area contributed by atoms with Crippen LogP contribution in [0.2, 0.25) is 5.02 Å². The molecule has 0 fully saturated rings. The Balaban J connectivity index is 2.37. The minimum absolute atomic E-state index is 0.126. The van der Waals surface area contributed by atoms with Crippen molar-refractivity contribution in [3.8, 4) is 0 Å². The quantitative estimate of drug-likeness (QED) is 0.417. The lowest BCUT2D eigenvalue weighted by Crippen LogP contribution is -2.23. The van der Waals surface area contributed by atoms with Crippen LogP contribution in [0.3, 0.4) is 0 Å². The standard InChI is InChI=1S/C14H6ClNO7S/c15-9-3-4-10(16(19)20)12-11(9)13(17)7-2-1-6(24(21,22)23)5-8(7)14(12)18/h1-5H,(H,21,22,23). The van der Waals surface area contributed by atoms with Crippen molar-refractivity contribution in [1.82, 2.24) is 0 Å². The maximum Gasteiger partial charge on any atom is 0.294 e. The summed E-state index contributed by atoms with van der Waals surface area (Å²) in [7, 11) is -4.61. The normalized spacial score (nSPS) is 13.4. The SMILES string of the molecule is O=C1c2ccc(S(=O)(=O)O)cc2C(=O)c2c([N+](=O)[O-])ccc(Cl)c21. The van der Waals surface area contributed by atoms with Crippen LogP contribution in [0.15, 0.2) is 35.2 Å². The van der Waals surface area contributed by atoms with Crippen LogP contribution < -0.4 is 0 Å². The first-order valence-corrected chi connectivity index (χ1v) is 8.12. The van der Waals surface area contributed by atoms with Crippen LogP contribution in [0.4, 0.5) is 5.69 Å². The number of carbonyl (C=O) groups excluding carboxylic acids is 2. The van der Waals surface area contributed by atoms with Gasteiger partial charge < -0.3 is 0 Å². The molecule has 122 valence electrons. The van der Waals surface area contributed by atoms with Crippen molar-refractivity contribution in [2.24, 2.45) is 0 Å². The van der Waals surface area contributed by atoms with E-state index in [1.54, 1.807) is 0 Å². The third-order valence-electron chi connectivity index (χ3n) is 3.56. The Morgan fingerprint density at radius 3 is 2.21 bits per heavy atom. The van der Waals surface area contributed by atoms with Crippen molar-refractivity contribution >= 4 is 39.0 Å². The minimum atomic E-state index is -4.61. The number of carbonyl (C=O) groups is 2. The molecule has 3 rings (SSSR count). The molecule has 0 unspecified atom stereocenters. The van der Waals surface area contributed by atoms with Gasteiger partial charge in [-0.1, -0.05) is 11.6 Å². The first kappa shape index (κ1) is 16.2. The Kier molecular flexibility index (Phi) is 3.52. The topological polar surface area (TPSA) is 132 Å². The van der Waals surface area contributed by atoms with Gasteiger partial charge >= 0.3 is 0 Å². The fourth-order valence-corrected chi connectivity index (χ4v) is 3.26. The Morgan fingerprint density at radius 1 is 1.00 bits per heavy atom.